The number of para-hydroxylation sites is 1. The van der Waals surface area contributed by atoms with Gasteiger partial charge in [0.05, 0.1) is 27.3 Å². The lowest BCUT2D eigenvalue weighted by molar-refractivity contribution is 0.353. The van der Waals surface area contributed by atoms with Crippen LogP contribution in [-0.4, -0.2) is 67.5 Å². The zero-order valence-corrected chi connectivity index (χ0v) is 17.7. The number of thiazole rings is 1. The molecule has 0 saturated carbocycles. The van der Waals surface area contributed by atoms with Crippen LogP contribution < -0.4 is 10.6 Å². The first-order chi connectivity index (χ1) is 12.8. The molecule has 1 aliphatic rings. The maximum absolute atomic E-state index is 12.2. The first-order valence-electron chi connectivity index (χ1n) is 9.17. The molecule has 2 heterocycles. The molecule has 3 rings (SSSR count). The second-order valence-electron chi connectivity index (χ2n) is 7.15. The highest BCUT2D eigenvalue weighted by Gasteiger charge is 2.40. The van der Waals surface area contributed by atoms with E-state index in [1.165, 1.54) is 0 Å². The normalized spacial score (nSPS) is 19.2. The second kappa shape index (κ2) is 8.02. The van der Waals surface area contributed by atoms with E-state index in [-0.39, 0.29) is 5.75 Å². The van der Waals surface area contributed by atoms with E-state index < -0.39 is 14.6 Å². The molecule has 1 aromatic heterocycles. The maximum Gasteiger partial charge on any atom is 0.194 e. The first kappa shape index (κ1) is 19.9. The SMILES string of the molecule is CCNC(=NCCNc1nc2ccccc2s1)N1CCS(=O)(=O)C(C)(C)C1. The van der Waals surface area contributed by atoms with Crippen LogP contribution in [0.1, 0.15) is 20.8 Å². The van der Waals surface area contributed by atoms with Crippen LogP contribution in [0, 0.1) is 0 Å². The van der Waals surface area contributed by atoms with Crippen molar-refractivity contribution in [2.75, 3.05) is 43.8 Å². The summed E-state index contributed by atoms with van der Waals surface area (Å²) in [5.74, 6) is 0.931. The molecule has 2 N–H and O–H groups in total. The average molecular weight is 410 g/mol. The Morgan fingerprint density at radius 2 is 2.15 bits per heavy atom. The third-order valence-corrected chi connectivity index (χ3v) is 8.15. The number of hydrogen-bond acceptors (Lipinski definition) is 6. The Kier molecular flexibility index (Phi) is 5.90. The van der Waals surface area contributed by atoms with Crippen LogP contribution in [0.3, 0.4) is 0 Å². The molecule has 0 bridgehead atoms. The standard InChI is InChI=1S/C18H27N5O2S2/c1-4-19-16(23-11-12-27(24,25)18(2,3)13-23)20-9-10-21-17-22-14-7-5-6-8-15(14)26-17/h5-8H,4,9-13H2,1-3H3,(H,19,20)(H,21,22). The molecule has 2 aromatic rings. The van der Waals surface area contributed by atoms with Crippen molar-refractivity contribution in [2.45, 2.75) is 25.5 Å². The van der Waals surface area contributed by atoms with Gasteiger partial charge >= 0.3 is 0 Å². The van der Waals surface area contributed by atoms with Gasteiger partial charge in [0.15, 0.2) is 20.9 Å². The van der Waals surface area contributed by atoms with Crippen LogP contribution >= 0.6 is 11.3 Å². The summed E-state index contributed by atoms with van der Waals surface area (Å²) in [5.41, 5.74) is 0.999. The second-order valence-corrected chi connectivity index (χ2v) is 10.9. The summed E-state index contributed by atoms with van der Waals surface area (Å²) in [6, 6.07) is 8.06. The number of aliphatic imine (C=N–C) groups is 1. The lowest BCUT2D eigenvalue weighted by atomic mass is 10.2. The summed E-state index contributed by atoms with van der Waals surface area (Å²) in [6.07, 6.45) is 0. The van der Waals surface area contributed by atoms with Gasteiger partial charge < -0.3 is 15.5 Å². The van der Waals surface area contributed by atoms with E-state index in [0.29, 0.717) is 26.2 Å². The topological polar surface area (TPSA) is 86.7 Å². The minimum atomic E-state index is -3.06. The highest BCUT2D eigenvalue weighted by Crippen LogP contribution is 2.25. The molecule has 0 radical (unpaired) electrons. The van der Waals surface area contributed by atoms with Crippen molar-refractivity contribution in [1.82, 2.24) is 15.2 Å². The lowest BCUT2D eigenvalue weighted by Crippen LogP contribution is -2.57. The molecular formula is C18H27N5O2S2. The summed E-state index contributed by atoms with van der Waals surface area (Å²) in [7, 11) is -3.06. The highest BCUT2D eigenvalue weighted by molar-refractivity contribution is 7.92. The average Bonchev–Trinajstić information content (AvgIpc) is 3.03. The predicted molar refractivity (Wildman–Crippen MR) is 114 cm³/mol. The number of nitrogens with one attached hydrogen (secondary N) is 2. The molecule has 1 saturated heterocycles. The van der Waals surface area contributed by atoms with Crippen molar-refractivity contribution in [3.63, 3.8) is 0 Å². The monoisotopic (exact) mass is 409 g/mol. The summed E-state index contributed by atoms with van der Waals surface area (Å²) < 4.78 is 24.8. The van der Waals surface area contributed by atoms with Gasteiger partial charge in [0.25, 0.3) is 0 Å². The lowest BCUT2D eigenvalue weighted by Gasteiger charge is -2.39. The molecule has 0 amide bonds. The molecule has 1 fully saturated rings. The number of benzene rings is 1. The molecule has 148 valence electrons. The van der Waals surface area contributed by atoms with Crippen molar-refractivity contribution in [1.29, 1.82) is 0 Å². The molecule has 9 heteroatoms. The Bertz CT molecular complexity index is 888. The Morgan fingerprint density at radius 1 is 1.37 bits per heavy atom. The molecule has 7 nitrogen and oxygen atoms in total. The number of anilines is 1. The molecule has 0 atom stereocenters. The number of sulfone groups is 1. The predicted octanol–water partition coefficient (Wildman–Crippen LogP) is 2.18. The van der Waals surface area contributed by atoms with Crippen molar-refractivity contribution >= 4 is 42.5 Å². The summed E-state index contributed by atoms with van der Waals surface area (Å²) >= 11 is 1.63. The van der Waals surface area contributed by atoms with E-state index in [9.17, 15) is 8.42 Å². The van der Waals surface area contributed by atoms with Crippen LogP contribution in [0.2, 0.25) is 0 Å². The van der Waals surface area contributed by atoms with Gasteiger partial charge in [-0.15, -0.1) is 0 Å². The van der Waals surface area contributed by atoms with E-state index in [1.807, 2.05) is 30.0 Å². The van der Waals surface area contributed by atoms with Gasteiger partial charge in [0, 0.05) is 26.2 Å². The Morgan fingerprint density at radius 3 is 2.85 bits per heavy atom. The van der Waals surface area contributed by atoms with E-state index in [1.54, 1.807) is 25.2 Å². The van der Waals surface area contributed by atoms with Gasteiger partial charge in [-0.25, -0.2) is 13.4 Å². The van der Waals surface area contributed by atoms with Crippen LogP contribution in [0.15, 0.2) is 29.3 Å². The molecule has 1 aromatic carbocycles. The van der Waals surface area contributed by atoms with Gasteiger partial charge in [0.1, 0.15) is 0 Å². The number of guanidine groups is 1. The number of aromatic nitrogens is 1. The van der Waals surface area contributed by atoms with E-state index in [4.69, 9.17) is 0 Å². The third kappa shape index (κ3) is 4.52. The minimum Gasteiger partial charge on any atom is -0.360 e. The van der Waals surface area contributed by atoms with Gasteiger partial charge in [-0.2, -0.15) is 0 Å². The Labute approximate surface area is 164 Å². The molecule has 0 unspecified atom stereocenters. The van der Waals surface area contributed by atoms with Crippen molar-refractivity contribution in [2.24, 2.45) is 4.99 Å². The zero-order chi connectivity index (χ0) is 19.5. The van der Waals surface area contributed by atoms with Crippen LogP contribution in [0.5, 0.6) is 0 Å². The first-order valence-corrected chi connectivity index (χ1v) is 11.6. The molecule has 1 aliphatic heterocycles. The van der Waals surface area contributed by atoms with Crippen LogP contribution in [0.4, 0.5) is 5.13 Å². The van der Waals surface area contributed by atoms with Crippen LogP contribution in [0.25, 0.3) is 10.2 Å². The van der Waals surface area contributed by atoms with E-state index in [2.05, 4.69) is 26.7 Å². The zero-order valence-electron chi connectivity index (χ0n) is 16.0. The summed E-state index contributed by atoms with van der Waals surface area (Å²) in [5, 5.41) is 7.49. The molecule has 0 aliphatic carbocycles. The fourth-order valence-electron chi connectivity index (χ4n) is 3.02. The highest BCUT2D eigenvalue weighted by atomic mass is 32.2. The Hall–Kier alpha value is -1.87. The van der Waals surface area contributed by atoms with Gasteiger partial charge in [-0.3, -0.25) is 4.99 Å². The van der Waals surface area contributed by atoms with Gasteiger partial charge in [0.2, 0.25) is 0 Å². The molecule has 27 heavy (non-hydrogen) atoms. The summed E-state index contributed by atoms with van der Waals surface area (Å²) in [4.78, 5) is 11.3. The smallest absolute Gasteiger partial charge is 0.194 e. The quantitative estimate of drug-likeness (QED) is 0.447. The number of rotatable bonds is 5. The fraction of sp³-hybridized carbons (Fsp3) is 0.556. The number of nitrogens with zero attached hydrogens (tertiary/aromatic N) is 3. The Balaban J connectivity index is 1.60. The van der Waals surface area contributed by atoms with Crippen molar-refractivity contribution < 1.29 is 8.42 Å². The molecule has 0 spiro atoms. The largest absolute Gasteiger partial charge is 0.360 e. The number of fused-ring (bicyclic) bond motifs is 1. The van der Waals surface area contributed by atoms with E-state index >= 15 is 0 Å². The van der Waals surface area contributed by atoms with E-state index in [0.717, 1.165) is 27.9 Å². The van der Waals surface area contributed by atoms with Crippen molar-refractivity contribution in [3.05, 3.63) is 24.3 Å². The van der Waals surface area contributed by atoms with Crippen molar-refractivity contribution in [3.8, 4) is 0 Å². The minimum absolute atomic E-state index is 0.161. The fourth-order valence-corrected chi connectivity index (χ4v) is 5.28. The number of hydrogen-bond donors (Lipinski definition) is 2. The van der Waals surface area contributed by atoms with Gasteiger partial charge in [-0.1, -0.05) is 23.5 Å². The van der Waals surface area contributed by atoms with Crippen LogP contribution in [-0.2, 0) is 9.84 Å². The summed E-state index contributed by atoms with van der Waals surface area (Å²) in [6.45, 7) is 8.51. The molecular weight excluding hydrogens is 382 g/mol. The maximum atomic E-state index is 12.2. The van der Waals surface area contributed by atoms with Gasteiger partial charge in [-0.05, 0) is 32.9 Å². The third-order valence-electron chi connectivity index (χ3n) is 4.62.